The number of ether oxygens (including phenoxy) is 1. The highest BCUT2D eigenvalue weighted by atomic mass is 16.5. The number of piperidine rings is 1. The first kappa shape index (κ1) is 23.7. The number of carbonyl (C=O) groups excluding carboxylic acids is 1. The highest BCUT2D eigenvalue weighted by Crippen LogP contribution is 2.40. The maximum absolute atomic E-state index is 13.2. The van der Waals surface area contributed by atoms with Gasteiger partial charge in [-0.2, -0.15) is 0 Å². The van der Waals surface area contributed by atoms with E-state index in [-0.39, 0.29) is 17.6 Å². The van der Waals surface area contributed by atoms with Gasteiger partial charge in [-0.15, -0.1) is 0 Å². The van der Waals surface area contributed by atoms with Crippen LogP contribution < -0.4 is 4.74 Å². The van der Waals surface area contributed by atoms with Gasteiger partial charge in [-0.1, -0.05) is 6.92 Å². The summed E-state index contributed by atoms with van der Waals surface area (Å²) in [6.45, 7) is 11.9. The molecule has 2 fully saturated rings. The van der Waals surface area contributed by atoms with Gasteiger partial charge < -0.3 is 19.5 Å². The third-order valence-corrected chi connectivity index (χ3v) is 7.69. The first-order valence-electron chi connectivity index (χ1n) is 13.2. The molecule has 0 bridgehead atoms. The van der Waals surface area contributed by atoms with Gasteiger partial charge in [0.2, 0.25) is 0 Å². The molecule has 1 aromatic carbocycles. The highest BCUT2D eigenvalue weighted by molar-refractivity contribution is 5.90. The SMILES string of the molecule is CCC(C)(C)Oc1ccc(-c2[nH]c3ncc(C)cc3c2C2CCCN(C(=O)N3CCCC3)C2)cc1. The van der Waals surface area contributed by atoms with Crippen LogP contribution in [-0.2, 0) is 0 Å². The van der Waals surface area contributed by atoms with Crippen LogP contribution >= 0.6 is 0 Å². The molecule has 1 N–H and O–H groups in total. The Labute approximate surface area is 208 Å². The molecule has 3 aromatic rings. The minimum atomic E-state index is -0.192. The maximum atomic E-state index is 13.2. The summed E-state index contributed by atoms with van der Waals surface area (Å²) in [5.74, 6) is 1.16. The number of hydrogen-bond acceptors (Lipinski definition) is 3. The second-order valence-electron chi connectivity index (χ2n) is 10.8. The zero-order valence-corrected chi connectivity index (χ0v) is 21.6. The lowest BCUT2D eigenvalue weighted by Gasteiger charge is -2.35. The van der Waals surface area contributed by atoms with E-state index >= 15 is 0 Å². The highest BCUT2D eigenvalue weighted by Gasteiger charge is 2.32. The number of aromatic amines is 1. The lowest BCUT2D eigenvalue weighted by molar-refractivity contribution is 0.105. The van der Waals surface area contributed by atoms with E-state index in [2.05, 4.69) is 67.9 Å². The molecule has 35 heavy (non-hydrogen) atoms. The van der Waals surface area contributed by atoms with E-state index in [1.165, 1.54) is 10.9 Å². The zero-order valence-electron chi connectivity index (χ0n) is 21.6. The lowest BCUT2D eigenvalue weighted by atomic mass is 9.87. The minimum absolute atomic E-state index is 0.192. The summed E-state index contributed by atoms with van der Waals surface area (Å²) in [5, 5.41) is 1.17. The molecule has 2 aromatic heterocycles. The Balaban J connectivity index is 1.49. The Bertz CT molecular complexity index is 1190. The minimum Gasteiger partial charge on any atom is -0.488 e. The van der Waals surface area contributed by atoms with Crippen LogP contribution in [0.5, 0.6) is 5.75 Å². The average molecular weight is 475 g/mol. The third kappa shape index (κ3) is 4.89. The number of rotatable bonds is 5. The van der Waals surface area contributed by atoms with Gasteiger partial charge in [0.1, 0.15) is 17.0 Å². The van der Waals surface area contributed by atoms with Crippen LogP contribution in [0, 0.1) is 6.92 Å². The predicted octanol–water partition coefficient (Wildman–Crippen LogP) is 6.50. The van der Waals surface area contributed by atoms with Crippen LogP contribution in [0.15, 0.2) is 36.5 Å². The smallest absolute Gasteiger partial charge is 0.320 e. The fourth-order valence-corrected chi connectivity index (χ4v) is 5.42. The summed E-state index contributed by atoms with van der Waals surface area (Å²) < 4.78 is 6.18. The molecule has 1 atom stereocenters. The van der Waals surface area contributed by atoms with E-state index in [0.29, 0.717) is 0 Å². The van der Waals surface area contributed by atoms with Crippen molar-refractivity contribution in [3.63, 3.8) is 0 Å². The van der Waals surface area contributed by atoms with Crippen molar-refractivity contribution in [3.8, 4) is 17.0 Å². The van der Waals surface area contributed by atoms with Crippen LogP contribution in [0.4, 0.5) is 4.79 Å². The molecule has 2 aliphatic heterocycles. The molecule has 2 amide bonds. The van der Waals surface area contributed by atoms with Gasteiger partial charge in [0, 0.05) is 43.7 Å². The number of fused-ring (bicyclic) bond motifs is 1. The molecule has 4 heterocycles. The van der Waals surface area contributed by atoms with Crippen LogP contribution in [0.3, 0.4) is 0 Å². The number of aromatic nitrogens is 2. The van der Waals surface area contributed by atoms with Crippen LogP contribution in [0.1, 0.15) is 69.9 Å². The molecule has 0 radical (unpaired) electrons. The molecule has 0 saturated carbocycles. The summed E-state index contributed by atoms with van der Waals surface area (Å²) in [6.07, 6.45) is 7.20. The fourth-order valence-electron chi connectivity index (χ4n) is 5.42. The average Bonchev–Trinajstić information content (AvgIpc) is 3.52. The van der Waals surface area contributed by atoms with Crippen molar-refractivity contribution < 1.29 is 9.53 Å². The molecular weight excluding hydrogens is 436 g/mol. The number of benzene rings is 1. The second kappa shape index (κ2) is 9.56. The Morgan fingerprint density at radius 2 is 1.83 bits per heavy atom. The van der Waals surface area contributed by atoms with Crippen molar-refractivity contribution in [1.82, 2.24) is 19.8 Å². The Kier molecular flexibility index (Phi) is 6.47. The first-order chi connectivity index (χ1) is 16.8. The third-order valence-electron chi connectivity index (χ3n) is 7.69. The number of nitrogens with zero attached hydrogens (tertiary/aromatic N) is 3. The number of urea groups is 1. The predicted molar refractivity (Wildman–Crippen MR) is 141 cm³/mol. The summed E-state index contributed by atoms with van der Waals surface area (Å²) in [6, 6.07) is 10.8. The van der Waals surface area contributed by atoms with Gasteiger partial charge in [0.05, 0.1) is 5.69 Å². The molecule has 0 aliphatic carbocycles. The van der Waals surface area contributed by atoms with Gasteiger partial charge in [0.25, 0.3) is 0 Å². The number of amides is 2. The summed E-state index contributed by atoms with van der Waals surface area (Å²) in [7, 11) is 0. The molecule has 6 nitrogen and oxygen atoms in total. The molecule has 2 saturated heterocycles. The lowest BCUT2D eigenvalue weighted by Crippen LogP contribution is -2.46. The van der Waals surface area contributed by atoms with Crippen LogP contribution in [0.2, 0.25) is 0 Å². The van der Waals surface area contributed by atoms with Crippen LogP contribution in [0.25, 0.3) is 22.3 Å². The number of hydrogen-bond donors (Lipinski definition) is 1. The van der Waals surface area contributed by atoms with Crippen molar-refractivity contribution in [3.05, 3.63) is 47.7 Å². The molecule has 5 rings (SSSR count). The number of pyridine rings is 1. The van der Waals surface area contributed by atoms with E-state index in [1.54, 1.807) is 0 Å². The summed E-state index contributed by atoms with van der Waals surface area (Å²) in [4.78, 5) is 25.6. The Morgan fingerprint density at radius 1 is 1.11 bits per heavy atom. The van der Waals surface area contributed by atoms with Gasteiger partial charge in [-0.25, -0.2) is 9.78 Å². The summed E-state index contributed by atoms with van der Waals surface area (Å²) in [5.41, 5.74) is 5.40. The molecule has 0 spiro atoms. The molecule has 186 valence electrons. The molecule has 1 unspecified atom stereocenters. The van der Waals surface area contributed by atoms with E-state index in [9.17, 15) is 4.79 Å². The van der Waals surface area contributed by atoms with E-state index in [1.807, 2.05) is 11.1 Å². The van der Waals surface area contributed by atoms with E-state index in [4.69, 9.17) is 9.72 Å². The van der Waals surface area contributed by atoms with Crippen molar-refractivity contribution in [1.29, 1.82) is 0 Å². The van der Waals surface area contributed by atoms with Gasteiger partial charge in [-0.3, -0.25) is 0 Å². The Morgan fingerprint density at radius 3 is 2.54 bits per heavy atom. The number of carbonyl (C=O) groups is 1. The number of H-pyrrole nitrogens is 1. The van der Waals surface area contributed by atoms with Crippen molar-refractivity contribution in [2.24, 2.45) is 0 Å². The first-order valence-corrected chi connectivity index (χ1v) is 13.2. The second-order valence-corrected chi connectivity index (χ2v) is 10.8. The van der Waals surface area contributed by atoms with E-state index in [0.717, 1.165) is 86.5 Å². The normalized spacial score (nSPS) is 18.9. The van der Waals surface area contributed by atoms with Crippen molar-refractivity contribution in [2.75, 3.05) is 26.2 Å². The number of aryl methyl sites for hydroxylation is 1. The number of likely N-dealkylation sites (tertiary alicyclic amines) is 2. The van der Waals surface area contributed by atoms with Crippen molar-refractivity contribution >= 4 is 17.1 Å². The fraction of sp³-hybridized carbons (Fsp3) is 0.517. The Hall–Kier alpha value is -3.02. The quantitative estimate of drug-likeness (QED) is 0.459. The monoisotopic (exact) mass is 474 g/mol. The van der Waals surface area contributed by atoms with Gasteiger partial charge >= 0.3 is 6.03 Å². The maximum Gasteiger partial charge on any atom is 0.320 e. The molecule has 2 aliphatic rings. The number of nitrogens with one attached hydrogen (secondary N) is 1. The van der Waals surface area contributed by atoms with Crippen LogP contribution in [-0.4, -0.2) is 57.6 Å². The molecular formula is C29H38N4O2. The largest absolute Gasteiger partial charge is 0.488 e. The van der Waals surface area contributed by atoms with Gasteiger partial charge in [-0.05, 0) is 99.9 Å². The summed E-state index contributed by atoms with van der Waals surface area (Å²) >= 11 is 0. The topological polar surface area (TPSA) is 61.5 Å². The van der Waals surface area contributed by atoms with Gasteiger partial charge in [0.15, 0.2) is 0 Å². The van der Waals surface area contributed by atoms with E-state index < -0.39 is 0 Å². The zero-order chi connectivity index (χ0) is 24.6. The standard InChI is InChI=1S/C29H38N4O2/c1-5-29(3,4)35-23-12-10-21(11-13-23)26-25(24-17-20(2)18-30-27(24)31-26)22-9-8-16-33(19-22)28(34)32-14-6-7-15-32/h10-13,17-18,22H,5-9,14-16,19H2,1-4H3,(H,30,31). The van der Waals surface area contributed by atoms with Crippen molar-refractivity contribution in [2.45, 2.75) is 71.3 Å². The molecule has 6 heteroatoms.